The topological polar surface area (TPSA) is 38.3 Å². The summed E-state index contributed by atoms with van der Waals surface area (Å²) in [6.07, 6.45) is 2.02. The number of carbonyl (C=O) groups is 1. The first-order valence-corrected chi connectivity index (χ1v) is 5.04. The van der Waals surface area contributed by atoms with Crippen LogP contribution in [0.3, 0.4) is 0 Å². The minimum atomic E-state index is 0.0897. The molecule has 0 saturated carbocycles. The van der Waals surface area contributed by atoms with Gasteiger partial charge in [0.25, 0.3) is 0 Å². The molecule has 0 heterocycles. The molecular formula is C10H21NO2. The quantitative estimate of drug-likeness (QED) is 0.614. The molecule has 0 fully saturated rings. The Morgan fingerprint density at radius 3 is 2.62 bits per heavy atom. The van der Waals surface area contributed by atoms with Crippen LogP contribution in [0.1, 0.15) is 33.6 Å². The Morgan fingerprint density at radius 1 is 1.38 bits per heavy atom. The van der Waals surface area contributed by atoms with E-state index in [4.69, 9.17) is 4.74 Å². The first kappa shape index (κ1) is 12.4. The van der Waals surface area contributed by atoms with Crippen molar-refractivity contribution in [2.24, 2.45) is 5.92 Å². The first-order valence-electron chi connectivity index (χ1n) is 5.04. The van der Waals surface area contributed by atoms with Crippen LogP contribution in [-0.2, 0) is 9.53 Å². The van der Waals surface area contributed by atoms with Crippen molar-refractivity contribution >= 4 is 5.91 Å². The molecule has 0 spiro atoms. The summed E-state index contributed by atoms with van der Waals surface area (Å²) in [5.41, 5.74) is 0. The lowest BCUT2D eigenvalue weighted by molar-refractivity contribution is -0.123. The highest BCUT2D eigenvalue weighted by Crippen LogP contribution is 1.92. The van der Waals surface area contributed by atoms with Gasteiger partial charge >= 0.3 is 0 Å². The van der Waals surface area contributed by atoms with E-state index < -0.39 is 0 Å². The fraction of sp³-hybridized carbons (Fsp3) is 0.900. The van der Waals surface area contributed by atoms with Crippen molar-refractivity contribution in [1.82, 2.24) is 5.32 Å². The molecule has 0 aliphatic rings. The summed E-state index contributed by atoms with van der Waals surface area (Å²) >= 11 is 0. The highest BCUT2D eigenvalue weighted by molar-refractivity contribution is 5.77. The Bertz CT molecular complexity index is 135. The minimum absolute atomic E-state index is 0.0897. The van der Waals surface area contributed by atoms with Gasteiger partial charge in [-0.25, -0.2) is 0 Å². The van der Waals surface area contributed by atoms with E-state index in [1.54, 1.807) is 0 Å². The predicted octanol–water partition coefficient (Wildman–Crippen LogP) is 1.58. The molecule has 1 amide bonds. The van der Waals surface area contributed by atoms with Crippen molar-refractivity contribution < 1.29 is 9.53 Å². The van der Waals surface area contributed by atoms with Gasteiger partial charge in [-0.1, -0.05) is 13.8 Å². The minimum Gasteiger partial charge on any atom is -0.382 e. The number of amides is 1. The van der Waals surface area contributed by atoms with Crippen LogP contribution in [0, 0.1) is 5.92 Å². The van der Waals surface area contributed by atoms with Gasteiger partial charge < -0.3 is 10.1 Å². The summed E-state index contributed by atoms with van der Waals surface area (Å²) in [7, 11) is 0. The van der Waals surface area contributed by atoms with E-state index in [-0.39, 0.29) is 11.8 Å². The number of unbranched alkanes of at least 4 members (excludes halogenated alkanes) is 1. The number of carbonyl (C=O) groups excluding carboxylic acids is 1. The lowest BCUT2D eigenvalue weighted by Gasteiger charge is -2.07. The van der Waals surface area contributed by atoms with Crippen molar-refractivity contribution in [2.75, 3.05) is 19.8 Å². The molecule has 0 aromatic carbocycles. The van der Waals surface area contributed by atoms with Crippen LogP contribution in [0.2, 0.25) is 0 Å². The third kappa shape index (κ3) is 7.78. The maximum atomic E-state index is 11.1. The predicted molar refractivity (Wildman–Crippen MR) is 53.6 cm³/mol. The zero-order chi connectivity index (χ0) is 10.1. The zero-order valence-corrected chi connectivity index (χ0v) is 8.93. The molecule has 0 aromatic heterocycles. The largest absolute Gasteiger partial charge is 0.382 e. The summed E-state index contributed by atoms with van der Waals surface area (Å²) < 4.78 is 5.18. The Labute approximate surface area is 80.8 Å². The van der Waals surface area contributed by atoms with Crippen LogP contribution in [-0.4, -0.2) is 25.7 Å². The average molecular weight is 187 g/mol. The van der Waals surface area contributed by atoms with Crippen LogP contribution in [0.5, 0.6) is 0 Å². The van der Waals surface area contributed by atoms with Gasteiger partial charge in [0.15, 0.2) is 0 Å². The highest BCUT2D eigenvalue weighted by Gasteiger charge is 2.04. The van der Waals surface area contributed by atoms with E-state index in [1.807, 2.05) is 20.8 Å². The molecular weight excluding hydrogens is 166 g/mol. The number of rotatable bonds is 7. The van der Waals surface area contributed by atoms with E-state index in [2.05, 4.69) is 5.32 Å². The van der Waals surface area contributed by atoms with Gasteiger partial charge in [0.1, 0.15) is 0 Å². The van der Waals surface area contributed by atoms with Crippen molar-refractivity contribution in [2.45, 2.75) is 33.6 Å². The normalized spacial score (nSPS) is 10.5. The van der Waals surface area contributed by atoms with Crippen LogP contribution in [0.15, 0.2) is 0 Å². The molecule has 0 unspecified atom stereocenters. The van der Waals surface area contributed by atoms with E-state index in [0.29, 0.717) is 0 Å². The summed E-state index contributed by atoms with van der Waals surface area (Å²) in [6.45, 7) is 8.13. The standard InChI is InChI=1S/C10H21NO2/c1-4-13-8-6-5-7-11-10(12)9(2)3/h9H,4-8H2,1-3H3,(H,11,12). The average Bonchev–Trinajstić information content (AvgIpc) is 2.10. The second kappa shape index (κ2) is 8.05. The number of hydrogen-bond donors (Lipinski definition) is 1. The molecule has 0 rings (SSSR count). The van der Waals surface area contributed by atoms with Gasteiger partial charge in [0.2, 0.25) is 5.91 Å². The fourth-order valence-corrected chi connectivity index (χ4v) is 0.889. The second-order valence-corrected chi connectivity index (χ2v) is 3.35. The molecule has 0 bridgehead atoms. The van der Waals surface area contributed by atoms with Crippen LogP contribution >= 0.6 is 0 Å². The van der Waals surface area contributed by atoms with Crippen molar-refractivity contribution in [1.29, 1.82) is 0 Å². The SMILES string of the molecule is CCOCCCCNC(=O)C(C)C. The van der Waals surface area contributed by atoms with Crippen molar-refractivity contribution in [3.63, 3.8) is 0 Å². The Balaban J connectivity index is 3.12. The maximum Gasteiger partial charge on any atom is 0.222 e. The second-order valence-electron chi connectivity index (χ2n) is 3.35. The Hall–Kier alpha value is -0.570. The van der Waals surface area contributed by atoms with Crippen molar-refractivity contribution in [3.05, 3.63) is 0 Å². The maximum absolute atomic E-state index is 11.1. The first-order chi connectivity index (χ1) is 6.18. The number of hydrogen-bond acceptors (Lipinski definition) is 2. The highest BCUT2D eigenvalue weighted by atomic mass is 16.5. The lowest BCUT2D eigenvalue weighted by Crippen LogP contribution is -2.28. The molecule has 13 heavy (non-hydrogen) atoms. The van der Waals surface area contributed by atoms with Gasteiger partial charge in [-0.3, -0.25) is 4.79 Å². The van der Waals surface area contributed by atoms with E-state index in [9.17, 15) is 4.79 Å². The van der Waals surface area contributed by atoms with Gasteiger partial charge in [0.05, 0.1) is 0 Å². The molecule has 0 radical (unpaired) electrons. The molecule has 0 aliphatic heterocycles. The van der Waals surface area contributed by atoms with Gasteiger partial charge in [-0.05, 0) is 19.8 Å². The van der Waals surface area contributed by atoms with E-state index in [1.165, 1.54) is 0 Å². The summed E-state index contributed by atoms with van der Waals surface area (Å²) in [5, 5.41) is 2.86. The van der Waals surface area contributed by atoms with Crippen LogP contribution in [0.4, 0.5) is 0 Å². The molecule has 78 valence electrons. The third-order valence-corrected chi connectivity index (χ3v) is 1.74. The van der Waals surface area contributed by atoms with Crippen LogP contribution in [0.25, 0.3) is 0 Å². The molecule has 0 saturated heterocycles. The third-order valence-electron chi connectivity index (χ3n) is 1.74. The summed E-state index contributed by atoms with van der Waals surface area (Å²) in [5.74, 6) is 0.225. The molecule has 1 N–H and O–H groups in total. The number of nitrogens with one attached hydrogen (secondary N) is 1. The van der Waals surface area contributed by atoms with E-state index in [0.717, 1.165) is 32.6 Å². The molecule has 0 aliphatic carbocycles. The van der Waals surface area contributed by atoms with Crippen LogP contribution < -0.4 is 5.32 Å². The smallest absolute Gasteiger partial charge is 0.222 e. The van der Waals surface area contributed by atoms with Crippen molar-refractivity contribution in [3.8, 4) is 0 Å². The molecule has 0 aromatic rings. The fourth-order valence-electron chi connectivity index (χ4n) is 0.889. The Kier molecular flexibility index (Phi) is 7.69. The monoisotopic (exact) mass is 187 g/mol. The van der Waals surface area contributed by atoms with Gasteiger partial charge in [-0.2, -0.15) is 0 Å². The molecule has 3 heteroatoms. The molecule has 3 nitrogen and oxygen atoms in total. The zero-order valence-electron chi connectivity index (χ0n) is 8.93. The number of ether oxygens (including phenoxy) is 1. The molecule has 0 atom stereocenters. The Morgan fingerprint density at radius 2 is 2.08 bits per heavy atom. The summed E-state index contributed by atoms with van der Waals surface area (Å²) in [4.78, 5) is 11.1. The van der Waals surface area contributed by atoms with Gasteiger partial charge in [0, 0.05) is 25.7 Å². The van der Waals surface area contributed by atoms with E-state index >= 15 is 0 Å². The van der Waals surface area contributed by atoms with Gasteiger partial charge in [-0.15, -0.1) is 0 Å². The summed E-state index contributed by atoms with van der Waals surface area (Å²) in [6, 6.07) is 0. The lowest BCUT2D eigenvalue weighted by atomic mass is 10.2.